The van der Waals surface area contributed by atoms with Crippen LogP contribution in [0.5, 0.6) is 0 Å². The SMILES string of the molecule is CC(C)CNC(=O)CS(=O)(=O)c1cccc(F)c1. The molecule has 18 heavy (non-hydrogen) atoms. The van der Waals surface area contributed by atoms with E-state index in [1.807, 2.05) is 13.8 Å². The normalized spacial score (nSPS) is 11.6. The van der Waals surface area contributed by atoms with Crippen LogP contribution in [-0.2, 0) is 14.6 Å². The van der Waals surface area contributed by atoms with E-state index in [-0.39, 0.29) is 10.8 Å². The highest BCUT2D eigenvalue weighted by Crippen LogP contribution is 2.12. The Morgan fingerprint density at radius 3 is 2.61 bits per heavy atom. The number of carbonyl (C=O) groups is 1. The molecule has 0 aliphatic rings. The van der Waals surface area contributed by atoms with Crippen molar-refractivity contribution in [3.63, 3.8) is 0 Å². The van der Waals surface area contributed by atoms with Crippen molar-refractivity contribution in [1.29, 1.82) is 0 Å². The Balaban J connectivity index is 2.74. The summed E-state index contributed by atoms with van der Waals surface area (Å²) in [4.78, 5) is 11.3. The van der Waals surface area contributed by atoms with E-state index in [1.165, 1.54) is 12.1 Å². The average molecular weight is 273 g/mol. The quantitative estimate of drug-likeness (QED) is 0.881. The fraction of sp³-hybridized carbons (Fsp3) is 0.417. The number of halogens is 1. The number of benzene rings is 1. The van der Waals surface area contributed by atoms with Gasteiger partial charge in [-0.1, -0.05) is 19.9 Å². The average Bonchev–Trinajstić information content (AvgIpc) is 2.26. The van der Waals surface area contributed by atoms with Crippen molar-refractivity contribution in [1.82, 2.24) is 5.32 Å². The molecule has 0 spiro atoms. The van der Waals surface area contributed by atoms with E-state index in [0.717, 1.165) is 12.1 Å². The molecule has 4 nitrogen and oxygen atoms in total. The number of amides is 1. The second-order valence-electron chi connectivity index (χ2n) is 4.41. The van der Waals surface area contributed by atoms with Gasteiger partial charge in [0.1, 0.15) is 11.6 Å². The number of hydrogen-bond donors (Lipinski definition) is 1. The Hall–Kier alpha value is -1.43. The molecular formula is C12H16FNO3S. The van der Waals surface area contributed by atoms with Gasteiger partial charge in [0.15, 0.2) is 9.84 Å². The van der Waals surface area contributed by atoms with E-state index in [9.17, 15) is 17.6 Å². The maximum absolute atomic E-state index is 12.9. The summed E-state index contributed by atoms with van der Waals surface area (Å²) >= 11 is 0. The molecule has 0 aromatic heterocycles. The summed E-state index contributed by atoms with van der Waals surface area (Å²) in [6, 6.07) is 4.63. The van der Waals surface area contributed by atoms with Gasteiger partial charge in [0.2, 0.25) is 5.91 Å². The lowest BCUT2D eigenvalue weighted by atomic mass is 10.2. The third-order valence-corrected chi connectivity index (χ3v) is 3.80. The zero-order valence-electron chi connectivity index (χ0n) is 10.3. The van der Waals surface area contributed by atoms with Crippen LogP contribution in [0.25, 0.3) is 0 Å². The van der Waals surface area contributed by atoms with E-state index in [0.29, 0.717) is 6.54 Å². The van der Waals surface area contributed by atoms with Crippen LogP contribution in [0.1, 0.15) is 13.8 Å². The highest BCUT2D eigenvalue weighted by molar-refractivity contribution is 7.92. The molecule has 0 unspecified atom stereocenters. The molecule has 1 aromatic carbocycles. The van der Waals surface area contributed by atoms with Crippen molar-refractivity contribution < 1.29 is 17.6 Å². The van der Waals surface area contributed by atoms with E-state index >= 15 is 0 Å². The summed E-state index contributed by atoms with van der Waals surface area (Å²) in [5.74, 6) is -1.64. The Morgan fingerprint density at radius 2 is 2.06 bits per heavy atom. The first kappa shape index (κ1) is 14.6. The van der Waals surface area contributed by atoms with E-state index < -0.39 is 27.3 Å². The number of hydrogen-bond acceptors (Lipinski definition) is 3. The molecule has 0 saturated heterocycles. The van der Waals surface area contributed by atoms with Crippen LogP contribution >= 0.6 is 0 Å². The van der Waals surface area contributed by atoms with Gasteiger partial charge in [-0.05, 0) is 24.1 Å². The lowest BCUT2D eigenvalue weighted by Crippen LogP contribution is -2.32. The molecule has 0 fully saturated rings. The zero-order valence-corrected chi connectivity index (χ0v) is 11.1. The molecule has 0 bridgehead atoms. The van der Waals surface area contributed by atoms with Gasteiger partial charge < -0.3 is 5.32 Å². The summed E-state index contributed by atoms with van der Waals surface area (Å²) in [7, 11) is -3.78. The van der Waals surface area contributed by atoms with Crippen LogP contribution in [0.15, 0.2) is 29.2 Å². The number of rotatable bonds is 5. The van der Waals surface area contributed by atoms with Crippen LogP contribution < -0.4 is 5.32 Å². The van der Waals surface area contributed by atoms with Crippen LogP contribution in [0, 0.1) is 11.7 Å². The molecule has 0 atom stereocenters. The largest absolute Gasteiger partial charge is 0.355 e. The monoisotopic (exact) mass is 273 g/mol. The molecule has 0 heterocycles. The van der Waals surface area contributed by atoms with E-state index in [1.54, 1.807) is 0 Å². The lowest BCUT2D eigenvalue weighted by Gasteiger charge is -2.08. The van der Waals surface area contributed by atoms with Crippen molar-refractivity contribution in [2.45, 2.75) is 18.7 Å². The van der Waals surface area contributed by atoms with Gasteiger partial charge in [-0.2, -0.15) is 0 Å². The Labute approximate surface area is 106 Å². The minimum absolute atomic E-state index is 0.179. The van der Waals surface area contributed by atoms with Gasteiger partial charge in [-0.3, -0.25) is 4.79 Å². The minimum atomic E-state index is -3.78. The summed E-state index contributed by atoms with van der Waals surface area (Å²) in [5.41, 5.74) is 0. The first-order valence-electron chi connectivity index (χ1n) is 5.56. The third-order valence-electron chi connectivity index (χ3n) is 2.18. The number of sulfone groups is 1. The predicted molar refractivity (Wildman–Crippen MR) is 66.3 cm³/mol. The first-order chi connectivity index (χ1) is 8.31. The highest BCUT2D eigenvalue weighted by Gasteiger charge is 2.19. The minimum Gasteiger partial charge on any atom is -0.355 e. The van der Waals surface area contributed by atoms with Crippen LogP contribution in [0.3, 0.4) is 0 Å². The second-order valence-corrected chi connectivity index (χ2v) is 6.40. The van der Waals surface area contributed by atoms with Gasteiger partial charge in [0.25, 0.3) is 0 Å². The molecule has 1 amide bonds. The molecular weight excluding hydrogens is 257 g/mol. The van der Waals surface area contributed by atoms with E-state index in [2.05, 4.69) is 5.32 Å². The maximum Gasteiger partial charge on any atom is 0.235 e. The van der Waals surface area contributed by atoms with Gasteiger partial charge in [0, 0.05) is 6.54 Å². The lowest BCUT2D eigenvalue weighted by molar-refractivity contribution is -0.118. The smallest absolute Gasteiger partial charge is 0.235 e. The standard InChI is InChI=1S/C12H16FNO3S/c1-9(2)7-14-12(15)8-18(16,17)11-5-3-4-10(13)6-11/h3-6,9H,7-8H2,1-2H3,(H,14,15). The fourth-order valence-electron chi connectivity index (χ4n) is 1.29. The van der Waals surface area contributed by atoms with Crippen molar-refractivity contribution in [2.75, 3.05) is 12.3 Å². The molecule has 1 N–H and O–H groups in total. The van der Waals surface area contributed by atoms with Crippen LogP contribution in [-0.4, -0.2) is 26.6 Å². The topological polar surface area (TPSA) is 63.2 Å². The van der Waals surface area contributed by atoms with Gasteiger partial charge in [-0.15, -0.1) is 0 Å². The predicted octanol–water partition coefficient (Wildman–Crippen LogP) is 1.37. The van der Waals surface area contributed by atoms with Gasteiger partial charge in [0.05, 0.1) is 4.90 Å². The third kappa shape index (κ3) is 4.44. The first-order valence-corrected chi connectivity index (χ1v) is 7.21. The van der Waals surface area contributed by atoms with Crippen molar-refractivity contribution in [2.24, 2.45) is 5.92 Å². The fourth-order valence-corrected chi connectivity index (χ4v) is 2.48. The molecule has 100 valence electrons. The molecule has 1 rings (SSSR count). The van der Waals surface area contributed by atoms with E-state index in [4.69, 9.17) is 0 Å². The second kappa shape index (κ2) is 5.95. The number of nitrogens with one attached hydrogen (secondary N) is 1. The van der Waals surface area contributed by atoms with Crippen LogP contribution in [0.4, 0.5) is 4.39 Å². The zero-order chi connectivity index (χ0) is 13.8. The highest BCUT2D eigenvalue weighted by atomic mass is 32.2. The summed E-state index contributed by atoms with van der Waals surface area (Å²) in [6.07, 6.45) is 0. The Kier molecular flexibility index (Phi) is 4.84. The van der Waals surface area contributed by atoms with Crippen molar-refractivity contribution in [3.05, 3.63) is 30.1 Å². The number of carbonyl (C=O) groups excluding carboxylic acids is 1. The molecule has 0 radical (unpaired) electrons. The van der Waals surface area contributed by atoms with Gasteiger partial charge >= 0.3 is 0 Å². The summed E-state index contributed by atoms with van der Waals surface area (Å²) in [6.45, 7) is 4.22. The molecule has 0 saturated carbocycles. The van der Waals surface area contributed by atoms with Crippen molar-refractivity contribution >= 4 is 15.7 Å². The molecule has 0 aliphatic heterocycles. The Morgan fingerprint density at radius 1 is 1.39 bits per heavy atom. The maximum atomic E-state index is 12.9. The van der Waals surface area contributed by atoms with Gasteiger partial charge in [-0.25, -0.2) is 12.8 Å². The van der Waals surface area contributed by atoms with Crippen molar-refractivity contribution in [3.8, 4) is 0 Å². The molecule has 6 heteroatoms. The Bertz CT molecular complexity index is 526. The molecule has 1 aromatic rings. The summed E-state index contributed by atoms with van der Waals surface area (Å²) in [5, 5.41) is 2.51. The van der Waals surface area contributed by atoms with Crippen LogP contribution in [0.2, 0.25) is 0 Å². The molecule has 0 aliphatic carbocycles. The summed E-state index contributed by atoms with van der Waals surface area (Å²) < 4.78 is 36.5.